The lowest BCUT2D eigenvalue weighted by Crippen LogP contribution is -2.27. The van der Waals surface area contributed by atoms with Crippen LogP contribution in [0.1, 0.15) is 74.8 Å². The Bertz CT molecular complexity index is 3290. The molecular formula is C62H54O4. The molecule has 0 aliphatic heterocycles. The fourth-order valence-corrected chi connectivity index (χ4v) is 10.8. The van der Waals surface area contributed by atoms with Crippen molar-refractivity contribution in [3.8, 4) is 55.6 Å². The van der Waals surface area contributed by atoms with Crippen molar-refractivity contribution in [1.82, 2.24) is 0 Å². The van der Waals surface area contributed by atoms with E-state index in [0.717, 1.165) is 17.6 Å². The summed E-state index contributed by atoms with van der Waals surface area (Å²) in [6.07, 6.45) is 3.82. The summed E-state index contributed by atoms with van der Waals surface area (Å²) in [7, 11) is 0. The van der Waals surface area contributed by atoms with E-state index in [1.54, 1.807) is 0 Å². The molecule has 0 amide bonds. The number of allylic oxidation sites excluding steroid dienone is 1. The highest BCUT2D eigenvalue weighted by atomic mass is 16.5. The van der Waals surface area contributed by atoms with Gasteiger partial charge in [-0.1, -0.05) is 155 Å². The van der Waals surface area contributed by atoms with Crippen LogP contribution in [-0.4, -0.2) is 25.2 Å². The number of carbonyl (C=O) groups is 2. The lowest BCUT2D eigenvalue weighted by molar-refractivity contribution is -0.143. The fourth-order valence-electron chi connectivity index (χ4n) is 10.8. The minimum atomic E-state index is -0.394. The summed E-state index contributed by atoms with van der Waals surface area (Å²) in [6.45, 7) is 17.5. The third-order valence-electron chi connectivity index (χ3n) is 14.4. The quantitative estimate of drug-likeness (QED) is 0.0501. The minimum absolute atomic E-state index is 0.159. The Labute approximate surface area is 388 Å². The van der Waals surface area contributed by atoms with Crippen LogP contribution in [0.15, 0.2) is 176 Å². The largest absolute Gasteiger partial charge is 0.465 e. The molecular weight excluding hydrogens is 809 g/mol. The van der Waals surface area contributed by atoms with Crippen molar-refractivity contribution in [3.63, 3.8) is 0 Å². The Morgan fingerprint density at radius 3 is 1.56 bits per heavy atom. The molecule has 0 saturated heterocycles. The van der Waals surface area contributed by atoms with E-state index in [2.05, 4.69) is 186 Å². The zero-order chi connectivity index (χ0) is 45.7. The van der Waals surface area contributed by atoms with Crippen molar-refractivity contribution in [2.45, 2.75) is 64.2 Å². The van der Waals surface area contributed by atoms with Gasteiger partial charge in [0.15, 0.2) is 0 Å². The van der Waals surface area contributed by atoms with Gasteiger partial charge in [0.25, 0.3) is 0 Å². The van der Waals surface area contributed by atoms with E-state index in [0.29, 0.717) is 32.5 Å². The molecule has 2 aliphatic rings. The molecule has 0 saturated carbocycles. The minimum Gasteiger partial charge on any atom is -0.465 e. The number of rotatable bonds is 13. The Hall–Kier alpha value is -7.30. The number of benzene rings is 8. The Morgan fingerprint density at radius 1 is 0.545 bits per heavy atom. The van der Waals surface area contributed by atoms with Gasteiger partial charge in [0.05, 0.1) is 13.2 Å². The molecule has 0 N–H and O–H groups in total. The molecule has 0 radical (unpaired) electrons. The van der Waals surface area contributed by atoms with Gasteiger partial charge in [-0.3, -0.25) is 4.79 Å². The van der Waals surface area contributed by atoms with Crippen LogP contribution in [-0.2, 0) is 36.3 Å². The van der Waals surface area contributed by atoms with Gasteiger partial charge < -0.3 is 9.47 Å². The van der Waals surface area contributed by atoms with Gasteiger partial charge in [0, 0.05) is 29.7 Å². The average molecular weight is 863 g/mol. The Balaban J connectivity index is 0.908. The molecule has 0 spiro atoms. The highest BCUT2D eigenvalue weighted by Gasteiger charge is 2.44. The predicted molar refractivity (Wildman–Crippen MR) is 272 cm³/mol. The van der Waals surface area contributed by atoms with Crippen molar-refractivity contribution in [3.05, 3.63) is 204 Å². The summed E-state index contributed by atoms with van der Waals surface area (Å²) < 4.78 is 10.7. The van der Waals surface area contributed by atoms with Gasteiger partial charge in [-0.2, -0.15) is 0 Å². The van der Waals surface area contributed by atoms with Crippen molar-refractivity contribution in [2.75, 3.05) is 13.2 Å². The van der Waals surface area contributed by atoms with Gasteiger partial charge in [0.2, 0.25) is 0 Å². The zero-order valence-corrected chi connectivity index (χ0v) is 38.3. The summed E-state index contributed by atoms with van der Waals surface area (Å²) in [5.41, 5.74) is 19.1. The molecule has 8 aromatic rings. The molecule has 4 heteroatoms. The normalized spacial score (nSPS) is 15.2. The summed E-state index contributed by atoms with van der Waals surface area (Å²) in [5, 5.41) is 4.79. The van der Waals surface area contributed by atoms with E-state index in [-0.39, 0.29) is 11.4 Å². The molecule has 0 aromatic heterocycles. The highest BCUT2D eigenvalue weighted by Crippen LogP contribution is 2.56. The number of fused-ring (bicyclic) bond motifs is 8. The summed E-state index contributed by atoms with van der Waals surface area (Å²) in [6, 6.07) is 56.3. The van der Waals surface area contributed by atoms with Crippen molar-refractivity contribution in [2.24, 2.45) is 0 Å². The first-order valence-corrected chi connectivity index (χ1v) is 23.2. The van der Waals surface area contributed by atoms with E-state index >= 15 is 0 Å². The SMILES string of the molecule is C=CC(=O)OCCCC1(C(=C)C)c2ccccc2-c2ccc(-c3ccc4c(c3)C(C)(C)c3cc(-c5ccc6cc(-c7ccc8cc(CCOC(=O)CC)ccc8c7)ccc6c5)ccc3-4)cc21. The zero-order valence-electron chi connectivity index (χ0n) is 38.3. The van der Waals surface area contributed by atoms with E-state index in [1.807, 2.05) is 6.92 Å². The molecule has 4 nitrogen and oxygen atoms in total. The van der Waals surface area contributed by atoms with Gasteiger partial charge in [-0.15, -0.1) is 0 Å². The maximum Gasteiger partial charge on any atom is 0.330 e. The molecule has 326 valence electrons. The van der Waals surface area contributed by atoms with Crippen molar-refractivity contribution in [1.29, 1.82) is 0 Å². The molecule has 10 rings (SSSR count). The number of carbonyl (C=O) groups excluding carboxylic acids is 2. The topological polar surface area (TPSA) is 52.6 Å². The first-order valence-electron chi connectivity index (χ1n) is 23.2. The standard InChI is InChI=1S/C62H54O4/c1-7-59(63)65-30-11-29-62(39(3)4)55-13-10-9-12-51(55)54-27-24-50(38-58(54)62)49-23-26-53-52-25-22-48(36-56(52)61(5,6)57(53)37-49)47-21-20-45-34-44(18-19-46(45)35-47)43-17-16-41-32-40(14-15-42(41)33-43)28-31-66-60(64)8-2/h7,9-10,12-27,32-38H,1,3,8,11,28-31H2,2,4-6H3. The van der Waals surface area contributed by atoms with Crippen LogP contribution < -0.4 is 0 Å². The fraction of sp³-hybridized carbons (Fsp3) is 0.194. The molecule has 0 fully saturated rings. The monoisotopic (exact) mass is 862 g/mol. The van der Waals surface area contributed by atoms with Crippen LogP contribution in [0.2, 0.25) is 0 Å². The number of hydrogen-bond acceptors (Lipinski definition) is 4. The van der Waals surface area contributed by atoms with Gasteiger partial charge in [-0.25, -0.2) is 4.79 Å². The lowest BCUT2D eigenvalue weighted by Gasteiger charge is -2.33. The third kappa shape index (κ3) is 7.35. The lowest BCUT2D eigenvalue weighted by atomic mass is 9.69. The van der Waals surface area contributed by atoms with E-state index in [9.17, 15) is 9.59 Å². The van der Waals surface area contributed by atoms with Crippen molar-refractivity contribution < 1.29 is 19.1 Å². The molecule has 1 unspecified atom stereocenters. The van der Waals surface area contributed by atoms with Crippen LogP contribution >= 0.6 is 0 Å². The molecule has 0 heterocycles. The Morgan fingerprint density at radius 2 is 1.02 bits per heavy atom. The van der Waals surface area contributed by atoms with E-state index in [1.165, 1.54) is 106 Å². The first kappa shape index (κ1) is 42.6. The van der Waals surface area contributed by atoms with Gasteiger partial charge >= 0.3 is 11.9 Å². The van der Waals surface area contributed by atoms with E-state index in [4.69, 9.17) is 9.47 Å². The van der Waals surface area contributed by atoms with Crippen LogP contribution in [0.5, 0.6) is 0 Å². The predicted octanol–water partition coefficient (Wildman–Crippen LogP) is 15.1. The summed E-state index contributed by atoms with van der Waals surface area (Å²) >= 11 is 0. The average Bonchev–Trinajstić information content (AvgIpc) is 3.76. The highest BCUT2D eigenvalue weighted by molar-refractivity contribution is 5.94. The van der Waals surface area contributed by atoms with Crippen LogP contribution in [0.25, 0.3) is 77.2 Å². The third-order valence-corrected chi connectivity index (χ3v) is 14.4. The molecule has 66 heavy (non-hydrogen) atoms. The van der Waals surface area contributed by atoms with Crippen molar-refractivity contribution >= 4 is 33.5 Å². The number of ether oxygens (including phenoxy) is 2. The summed E-state index contributed by atoms with van der Waals surface area (Å²) in [5.74, 6) is -0.552. The number of esters is 2. The van der Waals surface area contributed by atoms with Crippen LogP contribution in [0, 0.1) is 0 Å². The van der Waals surface area contributed by atoms with Crippen LogP contribution in [0.4, 0.5) is 0 Å². The second-order valence-electron chi connectivity index (χ2n) is 18.6. The maximum atomic E-state index is 11.9. The first-order chi connectivity index (χ1) is 32.0. The smallest absolute Gasteiger partial charge is 0.330 e. The maximum absolute atomic E-state index is 11.9. The second kappa shape index (κ2) is 16.9. The molecule has 1 atom stereocenters. The summed E-state index contributed by atoms with van der Waals surface area (Å²) in [4.78, 5) is 23.4. The molecule has 0 bridgehead atoms. The molecule has 8 aromatic carbocycles. The van der Waals surface area contributed by atoms with E-state index < -0.39 is 11.4 Å². The van der Waals surface area contributed by atoms with Crippen LogP contribution in [0.3, 0.4) is 0 Å². The Kier molecular flexibility index (Phi) is 10.9. The van der Waals surface area contributed by atoms with Gasteiger partial charge in [-0.05, 0) is 161 Å². The van der Waals surface area contributed by atoms with Gasteiger partial charge in [0.1, 0.15) is 0 Å². The molecule has 2 aliphatic carbocycles. The number of hydrogen-bond donors (Lipinski definition) is 0. The second-order valence-corrected chi connectivity index (χ2v) is 18.6.